The number of methoxy groups -OCH3 is 1. The number of nitrogens with zero attached hydrogens (tertiary/aromatic N) is 3. The molecular weight excluding hydrogens is 339 g/mol. The second-order valence-electron chi connectivity index (χ2n) is 6.63. The molecule has 0 bridgehead atoms. The average molecular weight is 364 g/mol. The molecule has 1 aromatic rings. The van der Waals surface area contributed by atoms with E-state index in [0.717, 1.165) is 31.6 Å². The van der Waals surface area contributed by atoms with E-state index in [1.807, 2.05) is 4.90 Å². The van der Waals surface area contributed by atoms with Crippen molar-refractivity contribution < 1.29 is 18.7 Å². The quantitative estimate of drug-likeness (QED) is 0.870. The largest absolute Gasteiger partial charge is 0.453 e. The third kappa shape index (κ3) is 4.36. The van der Waals surface area contributed by atoms with E-state index in [9.17, 15) is 14.0 Å². The molecule has 142 valence electrons. The van der Waals surface area contributed by atoms with Gasteiger partial charge in [-0.1, -0.05) is 0 Å². The summed E-state index contributed by atoms with van der Waals surface area (Å²) in [4.78, 5) is 29.6. The molecule has 0 aromatic heterocycles. The Labute approximate surface area is 152 Å². The minimum Gasteiger partial charge on any atom is -0.453 e. The van der Waals surface area contributed by atoms with Gasteiger partial charge in [-0.2, -0.15) is 0 Å². The third-order valence-corrected chi connectivity index (χ3v) is 5.01. The number of carbonyl (C=O) groups is 2. The molecule has 2 aliphatic rings. The van der Waals surface area contributed by atoms with Crippen LogP contribution in [0, 0.1) is 5.82 Å². The molecule has 1 N–H and O–H groups in total. The van der Waals surface area contributed by atoms with Crippen LogP contribution in [0.2, 0.25) is 0 Å². The van der Waals surface area contributed by atoms with Gasteiger partial charge in [-0.15, -0.1) is 0 Å². The number of likely N-dealkylation sites (tertiary alicyclic amines) is 1. The highest BCUT2D eigenvalue weighted by Crippen LogP contribution is 2.17. The number of ether oxygens (including phenoxy) is 1. The first kappa shape index (κ1) is 18.3. The monoisotopic (exact) mass is 364 g/mol. The smallest absolute Gasteiger partial charge is 0.409 e. The molecular formula is C18H25FN4O3. The number of rotatable bonds is 2. The van der Waals surface area contributed by atoms with Gasteiger partial charge in [0.1, 0.15) is 5.82 Å². The first-order valence-electron chi connectivity index (χ1n) is 8.95. The molecule has 7 nitrogen and oxygen atoms in total. The summed E-state index contributed by atoms with van der Waals surface area (Å²) < 4.78 is 17.7. The number of carbonyl (C=O) groups excluding carboxylic acids is 2. The Balaban J connectivity index is 1.43. The van der Waals surface area contributed by atoms with E-state index >= 15 is 0 Å². The molecule has 0 aliphatic carbocycles. The van der Waals surface area contributed by atoms with Crippen molar-refractivity contribution in [3.8, 4) is 0 Å². The molecule has 0 unspecified atom stereocenters. The highest BCUT2D eigenvalue weighted by Gasteiger charge is 2.27. The lowest BCUT2D eigenvalue weighted by molar-refractivity contribution is 0.109. The topological polar surface area (TPSA) is 65.1 Å². The Hall–Kier alpha value is -2.51. The van der Waals surface area contributed by atoms with Gasteiger partial charge in [-0.05, 0) is 37.1 Å². The second-order valence-corrected chi connectivity index (χ2v) is 6.63. The maximum Gasteiger partial charge on any atom is 0.409 e. The third-order valence-electron chi connectivity index (χ3n) is 5.01. The van der Waals surface area contributed by atoms with Gasteiger partial charge in [0.2, 0.25) is 0 Å². The summed E-state index contributed by atoms with van der Waals surface area (Å²) in [5, 5.41) is 3.07. The number of halogens is 1. The normalized spacial score (nSPS) is 18.6. The van der Waals surface area contributed by atoms with Gasteiger partial charge in [-0.3, -0.25) is 0 Å². The number of hydrogen-bond donors (Lipinski definition) is 1. The summed E-state index contributed by atoms with van der Waals surface area (Å²) in [6.45, 7) is 3.89. The molecule has 2 fully saturated rings. The molecule has 3 rings (SSSR count). The number of piperidine rings is 1. The maximum absolute atomic E-state index is 13.0. The molecule has 2 saturated heterocycles. The molecule has 3 amide bonds. The number of urea groups is 1. The molecule has 1 aromatic carbocycles. The summed E-state index contributed by atoms with van der Waals surface area (Å²) in [7, 11) is 1.38. The summed E-state index contributed by atoms with van der Waals surface area (Å²) in [6.07, 6.45) is 1.15. The van der Waals surface area contributed by atoms with Crippen molar-refractivity contribution in [1.29, 1.82) is 0 Å². The Morgan fingerprint density at radius 2 is 1.62 bits per heavy atom. The number of amides is 3. The standard InChI is InChI=1S/C18H25FN4O3/c1-26-18(25)23-8-6-15(7-9-23)20-17(24)22-12-10-21(11-13-22)16-4-2-14(19)3-5-16/h2-5,15H,6-13H2,1H3,(H,20,24). The molecule has 2 heterocycles. The fourth-order valence-electron chi connectivity index (χ4n) is 3.42. The summed E-state index contributed by atoms with van der Waals surface area (Å²) in [6, 6.07) is 6.46. The van der Waals surface area contributed by atoms with Gasteiger partial charge in [-0.25, -0.2) is 14.0 Å². The lowest BCUT2D eigenvalue weighted by Crippen LogP contribution is -2.55. The Morgan fingerprint density at radius 3 is 2.19 bits per heavy atom. The number of benzene rings is 1. The summed E-state index contributed by atoms with van der Waals surface area (Å²) >= 11 is 0. The molecule has 2 aliphatic heterocycles. The van der Waals surface area contributed by atoms with Crippen LogP contribution in [-0.2, 0) is 4.74 Å². The van der Waals surface area contributed by atoms with Gasteiger partial charge < -0.3 is 24.8 Å². The molecule has 0 atom stereocenters. The molecule has 0 radical (unpaired) electrons. The van der Waals surface area contributed by atoms with Crippen LogP contribution >= 0.6 is 0 Å². The highest BCUT2D eigenvalue weighted by atomic mass is 19.1. The van der Waals surface area contributed by atoms with E-state index in [1.165, 1.54) is 19.2 Å². The van der Waals surface area contributed by atoms with E-state index in [0.29, 0.717) is 26.2 Å². The zero-order chi connectivity index (χ0) is 18.5. The Bertz CT molecular complexity index is 624. The minimum absolute atomic E-state index is 0.0553. The van der Waals surface area contributed by atoms with E-state index in [1.54, 1.807) is 17.0 Å². The fraction of sp³-hybridized carbons (Fsp3) is 0.556. The molecule has 26 heavy (non-hydrogen) atoms. The van der Waals surface area contributed by atoms with Gasteiger partial charge in [0.15, 0.2) is 0 Å². The van der Waals surface area contributed by atoms with Gasteiger partial charge in [0.05, 0.1) is 7.11 Å². The predicted octanol–water partition coefficient (Wildman–Crippen LogP) is 1.89. The first-order chi connectivity index (χ1) is 12.6. The van der Waals surface area contributed by atoms with Crippen LogP contribution in [-0.4, -0.2) is 74.3 Å². The SMILES string of the molecule is COC(=O)N1CCC(NC(=O)N2CCN(c3ccc(F)cc3)CC2)CC1. The van der Waals surface area contributed by atoms with Crippen LogP contribution in [0.1, 0.15) is 12.8 Å². The average Bonchev–Trinajstić information content (AvgIpc) is 2.68. The van der Waals surface area contributed by atoms with Crippen LogP contribution in [0.15, 0.2) is 24.3 Å². The minimum atomic E-state index is -0.313. The van der Waals surface area contributed by atoms with Crippen LogP contribution in [0.4, 0.5) is 19.7 Å². The first-order valence-corrected chi connectivity index (χ1v) is 8.95. The van der Waals surface area contributed by atoms with E-state index in [4.69, 9.17) is 4.74 Å². The fourth-order valence-corrected chi connectivity index (χ4v) is 3.42. The number of nitrogens with one attached hydrogen (secondary N) is 1. The van der Waals surface area contributed by atoms with Crippen molar-refractivity contribution in [2.45, 2.75) is 18.9 Å². The van der Waals surface area contributed by atoms with Gasteiger partial charge in [0, 0.05) is 51.0 Å². The number of hydrogen-bond acceptors (Lipinski definition) is 4. The van der Waals surface area contributed by atoms with Crippen LogP contribution in [0.5, 0.6) is 0 Å². The van der Waals surface area contributed by atoms with Crippen molar-refractivity contribution in [2.75, 3.05) is 51.3 Å². The second kappa shape index (κ2) is 8.25. The lowest BCUT2D eigenvalue weighted by atomic mass is 10.1. The van der Waals surface area contributed by atoms with Crippen molar-refractivity contribution in [2.24, 2.45) is 0 Å². The zero-order valence-corrected chi connectivity index (χ0v) is 15.0. The van der Waals surface area contributed by atoms with E-state index < -0.39 is 0 Å². The summed E-state index contributed by atoms with van der Waals surface area (Å²) in [5.74, 6) is -0.245. The number of anilines is 1. The predicted molar refractivity (Wildman–Crippen MR) is 95.7 cm³/mol. The van der Waals surface area contributed by atoms with Crippen LogP contribution in [0.3, 0.4) is 0 Å². The molecule has 8 heteroatoms. The van der Waals surface area contributed by atoms with E-state index in [2.05, 4.69) is 10.2 Å². The lowest BCUT2D eigenvalue weighted by Gasteiger charge is -2.37. The molecule has 0 spiro atoms. The van der Waals surface area contributed by atoms with Crippen molar-refractivity contribution in [3.63, 3.8) is 0 Å². The van der Waals surface area contributed by atoms with E-state index in [-0.39, 0.29) is 24.0 Å². The van der Waals surface area contributed by atoms with Gasteiger partial charge in [0.25, 0.3) is 0 Å². The van der Waals surface area contributed by atoms with Crippen molar-refractivity contribution >= 4 is 17.8 Å². The van der Waals surface area contributed by atoms with Crippen molar-refractivity contribution in [3.05, 3.63) is 30.1 Å². The highest BCUT2D eigenvalue weighted by molar-refractivity contribution is 5.75. The van der Waals surface area contributed by atoms with Crippen molar-refractivity contribution in [1.82, 2.24) is 15.1 Å². The Morgan fingerprint density at radius 1 is 1.00 bits per heavy atom. The molecule has 0 saturated carbocycles. The van der Waals surface area contributed by atoms with Gasteiger partial charge >= 0.3 is 12.1 Å². The van der Waals surface area contributed by atoms with Crippen LogP contribution in [0.25, 0.3) is 0 Å². The number of piperazine rings is 1. The Kier molecular flexibility index (Phi) is 5.80. The summed E-state index contributed by atoms with van der Waals surface area (Å²) in [5.41, 5.74) is 0.974. The zero-order valence-electron chi connectivity index (χ0n) is 15.0. The maximum atomic E-state index is 13.0. The van der Waals surface area contributed by atoms with Crippen LogP contribution < -0.4 is 10.2 Å².